The largest absolute Gasteiger partial charge is 0.444 e. The summed E-state index contributed by atoms with van der Waals surface area (Å²) < 4.78 is 10.9. The number of aliphatic imine (C=N–C) groups is 1. The van der Waals surface area contributed by atoms with Crippen LogP contribution in [0.15, 0.2) is 39.9 Å². The number of nitrogens with two attached hydrogens (primary N) is 1. The molecule has 7 nitrogen and oxygen atoms in total. The molecule has 1 saturated heterocycles. The van der Waals surface area contributed by atoms with Crippen molar-refractivity contribution in [2.24, 2.45) is 10.7 Å². The van der Waals surface area contributed by atoms with E-state index >= 15 is 0 Å². The van der Waals surface area contributed by atoms with Gasteiger partial charge in [0.05, 0.1) is 19.8 Å². The summed E-state index contributed by atoms with van der Waals surface area (Å²) in [5.74, 6) is 1.04. The maximum absolute atomic E-state index is 5.92. The summed E-state index contributed by atoms with van der Waals surface area (Å²) in [7, 11) is 0. The second kappa shape index (κ2) is 11.3. The van der Waals surface area contributed by atoms with Crippen molar-refractivity contribution >= 4 is 29.9 Å². The number of rotatable bonds is 7. The molecule has 3 N–H and O–H groups in total. The minimum absolute atomic E-state index is 0. The van der Waals surface area contributed by atoms with E-state index < -0.39 is 0 Å². The molecular weight excluding hydrogens is 457 g/mol. The molecule has 8 heteroatoms. The highest BCUT2D eigenvalue weighted by molar-refractivity contribution is 14.0. The molecule has 0 radical (unpaired) electrons. The van der Waals surface area contributed by atoms with Crippen molar-refractivity contribution in [3.8, 4) is 11.5 Å². The van der Waals surface area contributed by atoms with Gasteiger partial charge >= 0.3 is 0 Å². The van der Waals surface area contributed by atoms with Gasteiger partial charge < -0.3 is 20.2 Å². The molecule has 1 fully saturated rings. The van der Waals surface area contributed by atoms with Crippen LogP contribution in [0.25, 0.3) is 11.5 Å². The van der Waals surface area contributed by atoms with Crippen LogP contribution in [0.2, 0.25) is 0 Å². The van der Waals surface area contributed by atoms with Gasteiger partial charge in [0.2, 0.25) is 5.89 Å². The lowest BCUT2D eigenvalue weighted by atomic mass is 10.1. The van der Waals surface area contributed by atoms with Gasteiger partial charge in [0.15, 0.2) is 5.96 Å². The Kier molecular flexibility index (Phi) is 9.02. The minimum atomic E-state index is 0. The van der Waals surface area contributed by atoms with Crippen LogP contribution in [0.4, 0.5) is 0 Å². The van der Waals surface area contributed by atoms with E-state index in [1.54, 1.807) is 6.26 Å². The van der Waals surface area contributed by atoms with Gasteiger partial charge in [0.1, 0.15) is 12.0 Å². The van der Waals surface area contributed by atoms with E-state index in [0.29, 0.717) is 18.4 Å². The summed E-state index contributed by atoms with van der Waals surface area (Å²) in [5.41, 5.74) is 8.85. The number of benzene rings is 1. The third-order valence-electron chi connectivity index (χ3n) is 4.32. The first-order valence-corrected chi connectivity index (χ1v) is 9.06. The fourth-order valence-corrected chi connectivity index (χ4v) is 2.77. The normalized spacial score (nSPS) is 15.4. The molecule has 1 aliphatic heterocycles. The molecule has 2 aromatic rings. The smallest absolute Gasteiger partial charge is 0.226 e. The van der Waals surface area contributed by atoms with E-state index in [1.807, 2.05) is 24.3 Å². The van der Waals surface area contributed by atoms with Crippen molar-refractivity contribution < 1.29 is 9.15 Å². The third kappa shape index (κ3) is 7.11. The second-order valence-electron chi connectivity index (χ2n) is 6.45. The quantitative estimate of drug-likeness (QED) is 0.271. The van der Waals surface area contributed by atoms with Gasteiger partial charge in [-0.25, -0.2) is 9.98 Å². The highest BCUT2D eigenvalue weighted by Crippen LogP contribution is 2.19. The standard InChI is InChI=1S/C19H27N5O2.HI/c1-15-3-5-16(6-4-15)18-23-17(14-26-18)13-22-19(20)21-7-2-8-24-9-11-25-12-10-24;/h3-6,14H,2,7-13H2,1H3,(H3,20,21,22);1H. The Morgan fingerprint density at radius 2 is 2.00 bits per heavy atom. The number of hydrogen-bond donors (Lipinski definition) is 2. The number of aryl methyl sites for hydroxylation is 1. The summed E-state index contributed by atoms with van der Waals surface area (Å²) >= 11 is 0. The van der Waals surface area contributed by atoms with Crippen LogP contribution in [-0.4, -0.2) is 55.2 Å². The Morgan fingerprint density at radius 3 is 2.74 bits per heavy atom. The van der Waals surface area contributed by atoms with E-state index in [9.17, 15) is 0 Å². The zero-order valence-corrected chi connectivity index (χ0v) is 18.0. The molecule has 1 aromatic carbocycles. The van der Waals surface area contributed by atoms with Crippen molar-refractivity contribution in [3.63, 3.8) is 0 Å². The number of ether oxygens (including phenoxy) is 1. The summed E-state index contributed by atoms with van der Waals surface area (Å²) in [6.07, 6.45) is 2.65. The number of hydrogen-bond acceptors (Lipinski definition) is 5. The molecule has 0 unspecified atom stereocenters. The van der Waals surface area contributed by atoms with Crippen molar-refractivity contribution in [3.05, 3.63) is 41.8 Å². The van der Waals surface area contributed by atoms with Crippen LogP contribution in [0.1, 0.15) is 17.7 Å². The fraction of sp³-hybridized carbons (Fsp3) is 0.474. The van der Waals surface area contributed by atoms with Crippen LogP contribution in [-0.2, 0) is 11.3 Å². The molecule has 0 amide bonds. The lowest BCUT2D eigenvalue weighted by Crippen LogP contribution is -2.39. The first kappa shape index (κ1) is 21.6. The van der Waals surface area contributed by atoms with Gasteiger partial charge in [-0.3, -0.25) is 4.90 Å². The highest BCUT2D eigenvalue weighted by Gasteiger charge is 2.09. The third-order valence-corrected chi connectivity index (χ3v) is 4.32. The summed E-state index contributed by atoms with van der Waals surface area (Å²) in [6.45, 7) is 8.00. The molecule has 148 valence electrons. The number of aromatic nitrogens is 1. The number of nitrogens with one attached hydrogen (secondary N) is 1. The van der Waals surface area contributed by atoms with Gasteiger partial charge in [0, 0.05) is 25.2 Å². The van der Waals surface area contributed by atoms with Gasteiger partial charge in [-0.1, -0.05) is 17.7 Å². The molecule has 0 atom stereocenters. The van der Waals surface area contributed by atoms with Crippen molar-refractivity contribution in [1.82, 2.24) is 15.2 Å². The first-order chi connectivity index (χ1) is 12.7. The molecule has 1 aromatic heterocycles. The molecule has 1 aliphatic rings. The summed E-state index contributed by atoms with van der Waals surface area (Å²) in [4.78, 5) is 11.2. The van der Waals surface area contributed by atoms with E-state index in [-0.39, 0.29) is 24.0 Å². The van der Waals surface area contributed by atoms with Crippen LogP contribution in [0, 0.1) is 6.92 Å². The predicted octanol–water partition coefficient (Wildman–Crippen LogP) is 2.39. The number of oxazole rings is 1. The Labute approximate surface area is 177 Å². The number of guanidine groups is 1. The molecule has 0 aliphatic carbocycles. The lowest BCUT2D eigenvalue weighted by Gasteiger charge is -2.26. The average molecular weight is 485 g/mol. The summed E-state index contributed by atoms with van der Waals surface area (Å²) in [6, 6.07) is 8.07. The van der Waals surface area contributed by atoms with Gasteiger partial charge in [-0.15, -0.1) is 24.0 Å². The van der Waals surface area contributed by atoms with Crippen molar-refractivity contribution in [1.29, 1.82) is 0 Å². The molecule has 2 heterocycles. The van der Waals surface area contributed by atoms with Crippen LogP contribution in [0.5, 0.6) is 0 Å². The Balaban J connectivity index is 0.00000261. The molecule has 0 spiro atoms. The van der Waals surface area contributed by atoms with Crippen molar-refractivity contribution in [2.75, 3.05) is 39.4 Å². The van der Waals surface area contributed by atoms with Gasteiger partial charge in [-0.05, 0) is 32.0 Å². The maximum atomic E-state index is 5.92. The molecular formula is C19H28IN5O2. The van der Waals surface area contributed by atoms with E-state index in [4.69, 9.17) is 14.9 Å². The zero-order chi connectivity index (χ0) is 18.2. The van der Waals surface area contributed by atoms with Gasteiger partial charge in [-0.2, -0.15) is 0 Å². The lowest BCUT2D eigenvalue weighted by molar-refractivity contribution is 0.0376. The van der Waals surface area contributed by atoms with E-state index in [0.717, 1.165) is 57.1 Å². The van der Waals surface area contributed by atoms with Crippen LogP contribution < -0.4 is 11.1 Å². The molecule has 3 rings (SSSR count). The molecule has 27 heavy (non-hydrogen) atoms. The monoisotopic (exact) mass is 485 g/mol. The average Bonchev–Trinajstić information content (AvgIpc) is 3.14. The number of nitrogens with zero attached hydrogens (tertiary/aromatic N) is 3. The SMILES string of the molecule is Cc1ccc(-c2nc(CN=C(N)NCCCN3CCOCC3)co2)cc1.I. The topological polar surface area (TPSA) is 88.9 Å². The molecule has 0 bridgehead atoms. The number of halogens is 1. The van der Waals surface area contributed by atoms with E-state index in [1.165, 1.54) is 5.56 Å². The second-order valence-corrected chi connectivity index (χ2v) is 6.45. The van der Waals surface area contributed by atoms with Gasteiger partial charge in [0.25, 0.3) is 0 Å². The Hall–Kier alpha value is -1.65. The maximum Gasteiger partial charge on any atom is 0.226 e. The minimum Gasteiger partial charge on any atom is -0.444 e. The first-order valence-electron chi connectivity index (χ1n) is 9.06. The number of morpholine rings is 1. The zero-order valence-electron chi connectivity index (χ0n) is 15.7. The molecule has 0 saturated carbocycles. The predicted molar refractivity (Wildman–Crippen MR) is 117 cm³/mol. The van der Waals surface area contributed by atoms with E-state index in [2.05, 4.69) is 27.1 Å². The Bertz CT molecular complexity index is 711. The van der Waals surface area contributed by atoms with Crippen molar-refractivity contribution in [2.45, 2.75) is 19.9 Å². The highest BCUT2D eigenvalue weighted by atomic mass is 127. The van der Waals surface area contributed by atoms with Crippen LogP contribution in [0.3, 0.4) is 0 Å². The Morgan fingerprint density at radius 1 is 1.26 bits per heavy atom. The fourth-order valence-electron chi connectivity index (χ4n) is 2.77. The van der Waals surface area contributed by atoms with Crippen LogP contribution >= 0.6 is 24.0 Å². The summed E-state index contributed by atoms with van der Waals surface area (Å²) in [5, 5.41) is 3.15.